The Hall–Kier alpha value is -3.11. The molecule has 0 fully saturated rings. The second-order valence-corrected chi connectivity index (χ2v) is 9.65. The molecule has 0 radical (unpaired) electrons. The van der Waals surface area contributed by atoms with Gasteiger partial charge in [0.25, 0.3) is 5.91 Å². The van der Waals surface area contributed by atoms with E-state index in [0.717, 1.165) is 5.56 Å². The van der Waals surface area contributed by atoms with E-state index >= 15 is 0 Å². The Morgan fingerprint density at radius 1 is 1.00 bits per heavy atom. The zero-order chi connectivity index (χ0) is 24.0. The predicted molar refractivity (Wildman–Crippen MR) is 122 cm³/mol. The number of rotatable bonds is 8. The quantitative estimate of drug-likeness (QED) is 0.562. The van der Waals surface area contributed by atoms with E-state index in [0.29, 0.717) is 42.7 Å². The van der Waals surface area contributed by atoms with E-state index < -0.39 is 34.5 Å². The number of fused-ring (bicyclic) bond motifs is 1. The Balaban J connectivity index is 1.52. The summed E-state index contributed by atoms with van der Waals surface area (Å²) >= 11 is 0. The van der Waals surface area contributed by atoms with Crippen molar-refractivity contribution in [1.82, 2.24) is 4.72 Å². The van der Waals surface area contributed by atoms with Crippen LogP contribution >= 0.6 is 0 Å². The molecule has 33 heavy (non-hydrogen) atoms. The van der Waals surface area contributed by atoms with Crippen molar-refractivity contribution in [3.63, 3.8) is 0 Å². The molecule has 9 nitrogen and oxygen atoms in total. The summed E-state index contributed by atoms with van der Waals surface area (Å²) in [6, 6.07) is 11.6. The summed E-state index contributed by atoms with van der Waals surface area (Å²) in [6.07, 6.45) is -0.416. The molecule has 0 bridgehead atoms. The predicted octanol–water partition coefficient (Wildman–Crippen LogP) is 2.82. The van der Waals surface area contributed by atoms with E-state index in [4.69, 9.17) is 14.2 Å². The van der Waals surface area contributed by atoms with Crippen LogP contribution in [0.2, 0.25) is 0 Å². The summed E-state index contributed by atoms with van der Waals surface area (Å²) in [6.45, 7) is 5.82. The monoisotopic (exact) mass is 476 g/mol. The minimum absolute atomic E-state index is 0.0739. The molecule has 0 spiro atoms. The highest BCUT2D eigenvalue weighted by Crippen LogP contribution is 2.31. The van der Waals surface area contributed by atoms with Crippen molar-refractivity contribution in [2.45, 2.75) is 44.1 Å². The Morgan fingerprint density at radius 3 is 2.33 bits per heavy atom. The van der Waals surface area contributed by atoms with Gasteiger partial charge in [0.1, 0.15) is 6.54 Å². The van der Waals surface area contributed by atoms with Gasteiger partial charge in [-0.15, -0.1) is 0 Å². The number of hydrogen-bond donors (Lipinski definition) is 2. The van der Waals surface area contributed by atoms with Crippen molar-refractivity contribution in [3.05, 3.63) is 48.0 Å². The molecule has 0 saturated heterocycles. The first kappa shape index (κ1) is 24.5. The zero-order valence-electron chi connectivity index (χ0n) is 18.8. The lowest BCUT2D eigenvalue weighted by atomic mass is 10.0. The van der Waals surface area contributed by atoms with Crippen molar-refractivity contribution in [2.75, 3.05) is 25.1 Å². The van der Waals surface area contributed by atoms with Gasteiger partial charge in [-0.25, -0.2) is 8.42 Å². The van der Waals surface area contributed by atoms with Crippen molar-refractivity contribution in [1.29, 1.82) is 0 Å². The number of carbonyl (C=O) groups excluding carboxylic acids is 2. The minimum atomic E-state index is -4.00. The molecule has 1 atom stereocenters. The standard InChI is InChI=1S/C23H28N2O7S/c1-15(2)17-5-7-18(8-6-17)25-23(27)16(3)32-22(26)14-24-33(28,29)19-9-10-20-21(13-19)31-12-4-11-30-20/h5-10,13,15-16,24H,4,11-12,14H2,1-3H3,(H,25,27). The number of carbonyl (C=O) groups is 2. The van der Waals surface area contributed by atoms with E-state index in [9.17, 15) is 18.0 Å². The number of ether oxygens (including phenoxy) is 3. The van der Waals surface area contributed by atoms with Gasteiger partial charge in [0.15, 0.2) is 17.6 Å². The van der Waals surface area contributed by atoms with Crippen molar-refractivity contribution in [2.24, 2.45) is 0 Å². The fourth-order valence-corrected chi connectivity index (χ4v) is 4.02. The van der Waals surface area contributed by atoms with E-state index in [1.165, 1.54) is 25.1 Å². The Morgan fingerprint density at radius 2 is 1.67 bits per heavy atom. The number of esters is 1. The van der Waals surface area contributed by atoms with Crippen LogP contribution in [0, 0.1) is 0 Å². The van der Waals surface area contributed by atoms with Crippen LogP contribution < -0.4 is 19.5 Å². The fraction of sp³-hybridized carbons (Fsp3) is 0.391. The lowest BCUT2D eigenvalue weighted by Gasteiger charge is -2.15. The Labute approximate surface area is 193 Å². The molecule has 1 amide bonds. The Bertz CT molecular complexity index is 1100. The molecule has 1 aliphatic heterocycles. The summed E-state index contributed by atoms with van der Waals surface area (Å²) in [5, 5.41) is 2.66. The van der Waals surface area contributed by atoms with Gasteiger partial charge >= 0.3 is 5.97 Å². The maximum Gasteiger partial charge on any atom is 0.321 e. The van der Waals surface area contributed by atoms with Crippen LogP contribution in [-0.4, -0.2) is 46.2 Å². The number of sulfonamides is 1. The fourth-order valence-electron chi connectivity index (χ4n) is 3.04. The van der Waals surface area contributed by atoms with Crippen LogP contribution in [0.15, 0.2) is 47.4 Å². The highest BCUT2D eigenvalue weighted by atomic mass is 32.2. The second-order valence-electron chi connectivity index (χ2n) is 7.88. The molecule has 1 unspecified atom stereocenters. The van der Waals surface area contributed by atoms with Crippen LogP contribution in [-0.2, 0) is 24.3 Å². The average Bonchev–Trinajstić information content (AvgIpc) is 3.03. The molecular weight excluding hydrogens is 448 g/mol. The average molecular weight is 477 g/mol. The number of nitrogens with one attached hydrogen (secondary N) is 2. The summed E-state index contributed by atoms with van der Waals surface area (Å²) in [7, 11) is -4.00. The molecule has 1 aliphatic rings. The van der Waals surface area contributed by atoms with Crippen LogP contribution in [0.25, 0.3) is 0 Å². The van der Waals surface area contributed by atoms with Gasteiger partial charge in [-0.05, 0) is 42.7 Å². The van der Waals surface area contributed by atoms with Gasteiger partial charge in [0.05, 0.1) is 18.1 Å². The molecule has 178 valence electrons. The van der Waals surface area contributed by atoms with Crippen molar-refractivity contribution in [3.8, 4) is 11.5 Å². The summed E-state index contributed by atoms with van der Waals surface area (Å²) in [4.78, 5) is 24.3. The Kier molecular flexibility index (Phi) is 7.93. The van der Waals surface area contributed by atoms with Crippen LogP contribution in [0.1, 0.15) is 38.7 Å². The first-order chi connectivity index (χ1) is 15.7. The molecular formula is C23H28N2O7S. The third-order valence-electron chi connectivity index (χ3n) is 4.96. The normalized spacial score (nSPS) is 14.3. The first-order valence-electron chi connectivity index (χ1n) is 10.7. The van der Waals surface area contributed by atoms with Gasteiger partial charge in [0, 0.05) is 18.2 Å². The minimum Gasteiger partial charge on any atom is -0.490 e. The highest BCUT2D eigenvalue weighted by molar-refractivity contribution is 7.89. The largest absolute Gasteiger partial charge is 0.490 e. The summed E-state index contributed by atoms with van der Waals surface area (Å²) in [5.74, 6) is -0.253. The maximum absolute atomic E-state index is 12.5. The highest BCUT2D eigenvalue weighted by Gasteiger charge is 2.22. The lowest BCUT2D eigenvalue weighted by Crippen LogP contribution is -2.35. The lowest BCUT2D eigenvalue weighted by molar-refractivity contribution is -0.151. The SMILES string of the molecule is CC(OC(=O)CNS(=O)(=O)c1ccc2c(c1)OCCCO2)C(=O)Nc1ccc(C(C)C)cc1. The van der Waals surface area contributed by atoms with E-state index in [1.54, 1.807) is 12.1 Å². The number of amides is 1. The maximum atomic E-state index is 12.5. The van der Waals surface area contributed by atoms with Gasteiger partial charge in [-0.1, -0.05) is 26.0 Å². The third-order valence-corrected chi connectivity index (χ3v) is 6.36. The van der Waals surface area contributed by atoms with Crippen molar-refractivity contribution >= 4 is 27.6 Å². The van der Waals surface area contributed by atoms with Crippen molar-refractivity contribution < 1.29 is 32.2 Å². The van der Waals surface area contributed by atoms with Gasteiger partial charge in [0.2, 0.25) is 10.0 Å². The molecule has 1 heterocycles. The summed E-state index contributed by atoms with van der Waals surface area (Å²) in [5.41, 5.74) is 1.70. The van der Waals surface area contributed by atoms with Gasteiger partial charge < -0.3 is 19.5 Å². The number of benzene rings is 2. The second kappa shape index (κ2) is 10.7. The molecule has 10 heteroatoms. The molecule has 0 aromatic heterocycles. The van der Waals surface area contributed by atoms with Crippen LogP contribution in [0.4, 0.5) is 5.69 Å². The van der Waals surface area contributed by atoms with Crippen LogP contribution in [0.5, 0.6) is 11.5 Å². The zero-order valence-corrected chi connectivity index (χ0v) is 19.6. The molecule has 3 rings (SSSR count). The molecule has 2 aromatic carbocycles. The smallest absolute Gasteiger partial charge is 0.321 e. The first-order valence-corrected chi connectivity index (χ1v) is 12.1. The van der Waals surface area contributed by atoms with Crippen LogP contribution in [0.3, 0.4) is 0 Å². The van der Waals surface area contributed by atoms with E-state index in [-0.39, 0.29) is 4.90 Å². The van der Waals surface area contributed by atoms with Gasteiger partial charge in [-0.2, -0.15) is 4.72 Å². The van der Waals surface area contributed by atoms with E-state index in [2.05, 4.69) is 23.9 Å². The van der Waals surface area contributed by atoms with E-state index in [1.807, 2.05) is 12.1 Å². The molecule has 2 N–H and O–H groups in total. The number of anilines is 1. The van der Waals surface area contributed by atoms with Gasteiger partial charge in [-0.3, -0.25) is 9.59 Å². The number of hydrogen-bond acceptors (Lipinski definition) is 7. The third kappa shape index (κ3) is 6.69. The topological polar surface area (TPSA) is 120 Å². The summed E-state index contributed by atoms with van der Waals surface area (Å²) < 4.78 is 43.3. The molecule has 0 aliphatic carbocycles. The molecule has 0 saturated carbocycles. The molecule has 2 aromatic rings.